The van der Waals surface area contributed by atoms with Crippen LogP contribution in [0.25, 0.3) is 0 Å². The fourth-order valence-electron chi connectivity index (χ4n) is 2.09. The zero-order valence-electron chi connectivity index (χ0n) is 11.7. The summed E-state index contributed by atoms with van der Waals surface area (Å²) in [6.45, 7) is 11.7. The highest BCUT2D eigenvalue weighted by atomic mass is 15.1. The van der Waals surface area contributed by atoms with Gasteiger partial charge in [-0.1, -0.05) is 38.0 Å². The van der Waals surface area contributed by atoms with Crippen LogP contribution in [0.5, 0.6) is 0 Å². The highest BCUT2D eigenvalue weighted by Gasteiger charge is 2.11. The molecule has 0 saturated carbocycles. The molecule has 1 unspecified atom stereocenters. The number of benzene rings is 1. The van der Waals surface area contributed by atoms with Gasteiger partial charge in [-0.25, -0.2) is 0 Å². The van der Waals surface area contributed by atoms with Crippen LogP contribution < -0.4 is 10.6 Å². The highest BCUT2D eigenvalue weighted by Crippen LogP contribution is 2.23. The van der Waals surface area contributed by atoms with Crippen LogP contribution in [-0.4, -0.2) is 13.1 Å². The van der Waals surface area contributed by atoms with Gasteiger partial charge in [0, 0.05) is 25.3 Å². The standard InChI is InChI=1S/C15H26N2/c1-5-12(3)11-17(6-2)15-8-7-13(4)9-14(15)10-16/h7-9,12H,5-6,10-11,16H2,1-4H3. The van der Waals surface area contributed by atoms with Crippen LogP contribution in [0, 0.1) is 12.8 Å². The van der Waals surface area contributed by atoms with Crippen molar-refractivity contribution in [3.05, 3.63) is 29.3 Å². The van der Waals surface area contributed by atoms with Crippen molar-refractivity contribution in [2.45, 2.75) is 40.7 Å². The van der Waals surface area contributed by atoms with Gasteiger partial charge in [0.1, 0.15) is 0 Å². The Balaban J connectivity index is 2.94. The smallest absolute Gasteiger partial charge is 0.0411 e. The van der Waals surface area contributed by atoms with Gasteiger partial charge in [-0.2, -0.15) is 0 Å². The average Bonchev–Trinajstić information content (AvgIpc) is 2.35. The monoisotopic (exact) mass is 234 g/mol. The van der Waals surface area contributed by atoms with E-state index in [1.54, 1.807) is 0 Å². The summed E-state index contributed by atoms with van der Waals surface area (Å²) in [5.74, 6) is 0.724. The number of hydrogen-bond acceptors (Lipinski definition) is 2. The van der Waals surface area contributed by atoms with E-state index >= 15 is 0 Å². The molecular formula is C15H26N2. The maximum absolute atomic E-state index is 5.85. The minimum Gasteiger partial charge on any atom is -0.371 e. The summed E-state index contributed by atoms with van der Waals surface area (Å²) in [5.41, 5.74) is 9.70. The van der Waals surface area contributed by atoms with Gasteiger partial charge in [-0.3, -0.25) is 0 Å². The second kappa shape index (κ2) is 6.65. The van der Waals surface area contributed by atoms with E-state index in [2.05, 4.69) is 50.8 Å². The Kier molecular flexibility index (Phi) is 5.49. The molecular weight excluding hydrogens is 208 g/mol. The minimum atomic E-state index is 0.619. The Bertz CT molecular complexity index is 347. The van der Waals surface area contributed by atoms with E-state index in [1.807, 2.05) is 0 Å². The van der Waals surface area contributed by atoms with Crippen molar-refractivity contribution in [1.29, 1.82) is 0 Å². The van der Waals surface area contributed by atoms with Gasteiger partial charge in [0.2, 0.25) is 0 Å². The molecule has 96 valence electrons. The molecule has 17 heavy (non-hydrogen) atoms. The molecule has 0 aromatic heterocycles. The third kappa shape index (κ3) is 3.74. The molecule has 1 aromatic rings. The minimum absolute atomic E-state index is 0.619. The Morgan fingerprint density at radius 1 is 1.29 bits per heavy atom. The first-order valence-electron chi connectivity index (χ1n) is 6.66. The van der Waals surface area contributed by atoms with Gasteiger partial charge in [0.05, 0.1) is 0 Å². The summed E-state index contributed by atoms with van der Waals surface area (Å²) in [6.07, 6.45) is 1.22. The Morgan fingerprint density at radius 3 is 2.53 bits per heavy atom. The summed E-state index contributed by atoms with van der Waals surface area (Å²) in [6, 6.07) is 6.59. The van der Waals surface area contributed by atoms with Crippen molar-refractivity contribution in [2.24, 2.45) is 11.7 Å². The summed E-state index contributed by atoms with van der Waals surface area (Å²) < 4.78 is 0. The van der Waals surface area contributed by atoms with Crippen LogP contribution in [0.1, 0.15) is 38.3 Å². The van der Waals surface area contributed by atoms with E-state index in [4.69, 9.17) is 5.73 Å². The molecule has 0 radical (unpaired) electrons. The first-order chi connectivity index (χ1) is 8.12. The van der Waals surface area contributed by atoms with Crippen molar-refractivity contribution in [1.82, 2.24) is 0 Å². The number of rotatable bonds is 6. The van der Waals surface area contributed by atoms with E-state index in [0.29, 0.717) is 6.54 Å². The van der Waals surface area contributed by atoms with Crippen molar-refractivity contribution >= 4 is 5.69 Å². The van der Waals surface area contributed by atoms with Crippen molar-refractivity contribution in [2.75, 3.05) is 18.0 Å². The molecule has 0 saturated heterocycles. The maximum atomic E-state index is 5.85. The normalized spacial score (nSPS) is 12.5. The molecule has 2 heteroatoms. The average molecular weight is 234 g/mol. The number of aryl methyl sites for hydroxylation is 1. The molecule has 0 bridgehead atoms. The molecule has 0 aliphatic carbocycles. The van der Waals surface area contributed by atoms with Crippen LogP contribution in [0.4, 0.5) is 5.69 Å². The Hall–Kier alpha value is -1.02. The Morgan fingerprint density at radius 2 is 2.00 bits per heavy atom. The molecule has 0 spiro atoms. The summed E-state index contributed by atoms with van der Waals surface area (Å²) >= 11 is 0. The Labute approximate surface area is 106 Å². The van der Waals surface area contributed by atoms with Gasteiger partial charge >= 0.3 is 0 Å². The van der Waals surface area contributed by atoms with Gasteiger partial charge in [-0.15, -0.1) is 0 Å². The maximum Gasteiger partial charge on any atom is 0.0411 e. The predicted molar refractivity (Wildman–Crippen MR) is 76.4 cm³/mol. The molecule has 0 fully saturated rings. The topological polar surface area (TPSA) is 29.3 Å². The number of anilines is 1. The summed E-state index contributed by atoms with van der Waals surface area (Å²) in [7, 11) is 0. The molecule has 2 nitrogen and oxygen atoms in total. The zero-order valence-corrected chi connectivity index (χ0v) is 11.7. The number of hydrogen-bond donors (Lipinski definition) is 1. The van der Waals surface area contributed by atoms with E-state index in [0.717, 1.165) is 19.0 Å². The SMILES string of the molecule is CCC(C)CN(CC)c1ccc(C)cc1CN. The molecule has 0 heterocycles. The fraction of sp³-hybridized carbons (Fsp3) is 0.600. The quantitative estimate of drug-likeness (QED) is 0.818. The fourth-order valence-corrected chi connectivity index (χ4v) is 2.09. The molecule has 0 amide bonds. The second-order valence-corrected chi connectivity index (χ2v) is 4.89. The van der Waals surface area contributed by atoms with Crippen molar-refractivity contribution < 1.29 is 0 Å². The predicted octanol–water partition coefficient (Wildman–Crippen LogP) is 3.33. The summed E-state index contributed by atoms with van der Waals surface area (Å²) in [4.78, 5) is 2.44. The van der Waals surface area contributed by atoms with Gasteiger partial charge < -0.3 is 10.6 Å². The number of nitrogens with zero attached hydrogens (tertiary/aromatic N) is 1. The lowest BCUT2D eigenvalue weighted by Crippen LogP contribution is -2.29. The first-order valence-corrected chi connectivity index (χ1v) is 6.66. The number of nitrogens with two attached hydrogens (primary N) is 1. The van der Waals surface area contributed by atoms with Crippen LogP contribution >= 0.6 is 0 Å². The molecule has 1 rings (SSSR count). The highest BCUT2D eigenvalue weighted by molar-refractivity contribution is 5.55. The second-order valence-electron chi connectivity index (χ2n) is 4.89. The van der Waals surface area contributed by atoms with E-state index in [9.17, 15) is 0 Å². The lowest BCUT2D eigenvalue weighted by molar-refractivity contribution is 0.547. The van der Waals surface area contributed by atoms with Crippen LogP contribution in [-0.2, 0) is 6.54 Å². The third-order valence-electron chi connectivity index (χ3n) is 3.41. The van der Waals surface area contributed by atoms with Crippen LogP contribution in [0.2, 0.25) is 0 Å². The van der Waals surface area contributed by atoms with Gasteiger partial charge in [0.15, 0.2) is 0 Å². The van der Waals surface area contributed by atoms with E-state index < -0.39 is 0 Å². The van der Waals surface area contributed by atoms with Crippen LogP contribution in [0.3, 0.4) is 0 Å². The lowest BCUT2D eigenvalue weighted by atomic mass is 10.1. The molecule has 0 aliphatic heterocycles. The van der Waals surface area contributed by atoms with E-state index in [1.165, 1.54) is 23.2 Å². The molecule has 1 aromatic carbocycles. The molecule has 1 atom stereocenters. The van der Waals surface area contributed by atoms with Crippen molar-refractivity contribution in [3.8, 4) is 0 Å². The lowest BCUT2D eigenvalue weighted by Gasteiger charge is -2.28. The van der Waals surface area contributed by atoms with Gasteiger partial charge in [-0.05, 0) is 31.4 Å². The van der Waals surface area contributed by atoms with Crippen LogP contribution in [0.15, 0.2) is 18.2 Å². The van der Waals surface area contributed by atoms with E-state index in [-0.39, 0.29) is 0 Å². The summed E-state index contributed by atoms with van der Waals surface area (Å²) in [5, 5.41) is 0. The zero-order chi connectivity index (χ0) is 12.8. The first kappa shape index (κ1) is 14.0. The molecule has 0 aliphatic rings. The molecule has 2 N–H and O–H groups in total. The van der Waals surface area contributed by atoms with Crippen molar-refractivity contribution in [3.63, 3.8) is 0 Å². The van der Waals surface area contributed by atoms with Gasteiger partial charge in [0.25, 0.3) is 0 Å². The largest absolute Gasteiger partial charge is 0.371 e. The third-order valence-corrected chi connectivity index (χ3v) is 3.41.